The van der Waals surface area contributed by atoms with Gasteiger partial charge < -0.3 is 32.5 Å². The van der Waals surface area contributed by atoms with E-state index in [2.05, 4.69) is 28.6 Å². The quantitative estimate of drug-likeness (QED) is 0.172. The number of aliphatic carboxylic acids is 1. The van der Waals surface area contributed by atoms with Gasteiger partial charge in [0.1, 0.15) is 18.1 Å². The van der Waals surface area contributed by atoms with Crippen LogP contribution in [-0.2, 0) is 24.0 Å². The van der Waals surface area contributed by atoms with Crippen LogP contribution in [0.2, 0.25) is 0 Å². The smallest absolute Gasteiger partial charge is 0.326 e. The maximum Gasteiger partial charge on any atom is 0.326 e. The molecule has 0 aliphatic heterocycles. The Bertz CT molecular complexity index is 573. The third-order valence-corrected chi connectivity index (χ3v) is 4.20. The van der Waals surface area contributed by atoms with Gasteiger partial charge in [-0.25, -0.2) is 4.79 Å². The molecule has 11 nitrogen and oxygen atoms in total. The number of carbonyl (C=O) groups excluding carboxylic acids is 4. The lowest BCUT2D eigenvalue weighted by molar-refractivity contribution is -0.143. The van der Waals surface area contributed by atoms with Crippen molar-refractivity contribution >= 4 is 42.2 Å². The Kier molecular flexibility index (Phi) is 11.1. The summed E-state index contributed by atoms with van der Waals surface area (Å²) in [6.07, 6.45) is -0.0310. The monoisotopic (exact) mass is 405 g/mol. The van der Waals surface area contributed by atoms with Gasteiger partial charge >= 0.3 is 5.97 Å². The van der Waals surface area contributed by atoms with Gasteiger partial charge in [-0.2, -0.15) is 12.6 Å². The van der Waals surface area contributed by atoms with E-state index in [9.17, 15) is 24.0 Å². The van der Waals surface area contributed by atoms with Gasteiger partial charge in [0, 0.05) is 5.75 Å². The van der Waals surface area contributed by atoms with Gasteiger partial charge in [0.05, 0.1) is 13.0 Å². The number of hydrogen-bond acceptors (Lipinski definition) is 7. The van der Waals surface area contributed by atoms with E-state index in [1.54, 1.807) is 6.92 Å². The summed E-state index contributed by atoms with van der Waals surface area (Å²) in [7, 11) is 0. The van der Waals surface area contributed by atoms with Gasteiger partial charge in [0.15, 0.2) is 0 Å². The molecule has 8 N–H and O–H groups in total. The van der Waals surface area contributed by atoms with Crippen molar-refractivity contribution in [3.05, 3.63) is 0 Å². The van der Waals surface area contributed by atoms with Crippen molar-refractivity contribution in [3.63, 3.8) is 0 Å². The first-order chi connectivity index (χ1) is 12.6. The van der Waals surface area contributed by atoms with Gasteiger partial charge in [-0.15, -0.1) is 0 Å². The molecule has 0 saturated heterocycles. The SMILES string of the molecule is CCC(C)C(NC(=O)CN)C(=O)NC(CS)C(=O)NC(CC(N)=O)C(=O)O. The first-order valence-electron chi connectivity index (χ1n) is 8.29. The minimum atomic E-state index is -1.53. The molecular formula is C15H27N5O6S. The predicted octanol–water partition coefficient (Wildman–Crippen LogP) is -2.66. The van der Waals surface area contributed by atoms with E-state index >= 15 is 0 Å². The first-order valence-corrected chi connectivity index (χ1v) is 8.92. The van der Waals surface area contributed by atoms with Crippen LogP contribution >= 0.6 is 12.6 Å². The third-order valence-electron chi connectivity index (χ3n) is 3.83. The molecule has 0 radical (unpaired) electrons. The number of thiol groups is 1. The van der Waals surface area contributed by atoms with E-state index in [-0.39, 0.29) is 18.2 Å². The molecule has 0 aromatic rings. The number of nitrogens with one attached hydrogen (secondary N) is 3. The molecule has 0 rings (SSSR count). The summed E-state index contributed by atoms with van der Waals surface area (Å²) in [4.78, 5) is 58.3. The molecule has 12 heteroatoms. The molecule has 0 aliphatic carbocycles. The lowest BCUT2D eigenvalue weighted by Crippen LogP contribution is -2.58. The fraction of sp³-hybridized carbons (Fsp3) is 0.667. The Morgan fingerprint density at radius 2 is 1.59 bits per heavy atom. The molecule has 4 amide bonds. The van der Waals surface area contributed by atoms with Crippen molar-refractivity contribution in [1.29, 1.82) is 0 Å². The van der Waals surface area contributed by atoms with Crippen molar-refractivity contribution in [2.24, 2.45) is 17.4 Å². The number of carboxylic acid groups (broad SMARTS) is 1. The van der Waals surface area contributed by atoms with Crippen LogP contribution in [0.3, 0.4) is 0 Å². The lowest BCUT2D eigenvalue weighted by atomic mass is 9.98. The molecular weight excluding hydrogens is 378 g/mol. The average molecular weight is 405 g/mol. The maximum absolute atomic E-state index is 12.5. The number of carbonyl (C=O) groups is 5. The standard InChI is InChI=1S/C15H27N5O6S/c1-3-7(2)12(20-11(22)5-16)14(24)19-9(6-27)13(23)18-8(15(25)26)4-10(17)21/h7-9,12,27H,3-6,16H2,1-2H3,(H2,17,21)(H,18,23)(H,19,24)(H,20,22)(H,25,26). The molecule has 0 aromatic heterocycles. The Morgan fingerprint density at radius 1 is 1.04 bits per heavy atom. The van der Waals surface area contributed by atoms with E-state index in [1.165, 1.54) is 0 Å². The highest BCUT2D eigenvalue weighted by Gasteiger charge is 2.31. The van der Waals surface area contributed by atoms with Crippen molar-refractivity contribution in [2.75, 3.05) is 12.3 Å². The number of amides is 4. The van der Waals surface area contributed by atoms with E-state index in [0.717, 1.165) is 0 Å². The first kappa shape index (κ1) is 24.7. The zero-order valence-corrected chi connectivity index (χ0v) is 16.1. The van der Waals surface area contributed by atoms with Crippen LogP contribution in [0.1, 0.15) is 26.7 Å². The number of rotatable bonds is 12. The van der Waals surface area contributed by atoms with Crippen molar-refractivity contribution in [3.8, 4) is 0 Å². The predicted molar refractivity (Wildman–Crippen MR) is 99.6 cm³/mol. The number of primary amides is 1. The molecule has 0 spiro atoms. The molecule has 0 aliphatic rings. The highest BCUT2D eigenvalue weighted by Crippen LogP contribution is 2.08. The Labute approximate surface area is 162 Å². The zero-order valence-electron chi connectivity index (χ0n) is 15.2. The second-order valence-corrected chi connectivity index (χ2v) is 6.31. The van der Waals surface area contributed by atoms with Gasteiger partial charge in [0.25, 0.3) is 0 Å². The molecule has 27 heavy (non-hydrogen) atoms. The highest BCUT2D eigenvalue weighted by atomic mass is 32.1. The summed E-state index contributed by atoms with van der Waals surface area (Å²) in [5.74, 6) is -4.75. The summed E-state index contributed by atoms with van der Waals surface area (Å²) < 4.78 is 0. The van der Waals surface area contributed by atoms with Crippen LogP contribution in [0.25, 0.3) is 0 Å². The second-order valence-electron chi connectivity index (χ2n) is 5.95. The average Bonchev–Trinajstić information content (AvgIpc) is 2.61. The summed E-state index contributed by atoms with van der Waals surface area (Å²) in [5, 5.41) is 16.1. The molecule has 0 heterocycles. The molecule has 154 valence electrons. The van der Waals surface area contributed by atoms with Crippen LogP contribution < -0.4 is 27.4 Å². The summed E-state index contributed by atoms with van der Waals surface area (Å²) in [6, 6.07) is -3.64. The van der Waals surface area contributed by atoms with E-state index < -0.39 is 54.1 Å². The summed E-state index contributed by atoms with van der Waals surface area (Å²) in [6.45, 7) is 3.26. The van der Waals surface area contributed by atoms with Crippen molar-refractivity contribution in [1.82, 2.24) is 16.0 Å². The molecule has 4 unspecified atom stereocenters. The van der Waals surface area contributed by atoms with E-state index in [1.807, 2.05) is 6.92 Å². The van der Waals surface area contributed by atoms with Crippen LogP contribution in [0.15, 0.2) is 0 Å². The van der Waals surface area contributed by atoms with Crippen LogP contribution in [-0.4, -0.2) is 65.1 Å². The van der Waals surface area contributed by atoms with Gasteiger partial charge in [-0.3, -0.25) is 19.2 Å². The number of hydrogen-bond donors (Lipinski definition) is 7. The maximum atomic E-state index is 12.5. The molecule has 4 atom stereocenters. The summed E-state index contributed by atoms with van der Waals surface area (Å²) >= 11 is 3.98. The third kappa shape index (κ3) is 8.73. The van der Waals surface area contributed by atoms with Gasteiger partial charge in [0.2, 0.25) is 23.6 Å². The second kappa shape index (κ2) is 12.1. The summed E-state index contributed by atoms with van der Waals surface area (Å²) in [5.41, 5.74) is 10.2. The highest BCUT2D eigenvalue weighted by molar-refractivity contribution is 7.80. The van der Waals surface area contributed by atoms with Crippen LogP contribution in [0.5, 0.6) is 0 Å². The Morgan fingerprint density at radius 3 is 2.00 bits per heavy atom. The van der Waals surface area contributed by atoms with Crippen molar-refractivity contribution in [2.45, 2.75) is 44.8 Å². The van der Waals surface area contributed by atoms with Gasteiger partial charge in [-0.1, -0.05) is 20.3 Å². The minimum absolute atomic E-state index is 0.140. The normalized spacial score (nSPS) is 15.0. The molecule has 0 bridgehead atoms. The number of carboxylic acids is 1. The molecule has 0 fully saturated rings. The fourth-order valence-electron chi connectivity index (χ4n) is 2.06. The van der Waals surface area contributed by atoms with Gasteiger partial charge in [-0.05, 0) is 5.92 Å². The number of nitrogens with two attached hydrogens (primary N) is 2. The Balaban J connectivity index is 5.16. The fourth-order valence-corrected chi connectivity index (χ4v) is 2.32. The van der Waals surface area contributed by atoms with Crippen molar-refractivity contribution < 1.29 is 29.1 Å². The molecule has 0 aromatic carbocycles. The van der Waals surface area contributed by atoms with Crippen LogP contribution in [0.4, 0.5) is 0 Å². The van der Waals surface area contributed by atoms with E-state index in [0.29, 0.717) is 6.42 Å². The zero-order chi connectivity index (χ0) is 21.1. The lowest BCUT2D eigenvalue weighted by Gasteiger charge is -2.26. The molecule has 0 saturated carbocycles. The largest absolute Gasteiger partial charge is 0.480 e. The minimum Gasteiger partial charge on any atom is -0.480 e. The Hall–Kier alpha value is -2.34. The van der Waals surface area contributed by atoms with E-state index in [4.69, 9.17) is 16.6 Å². The van der Waals surface area contributed by atoms with Crippen LogP contribution in [0, 0.1) is 5.92 Å². The topological polar surface area (TPSA) is 194 Å².